The normalized spacial score (nSPS) is 12.3. The topological polar surface area (TPSA) is 79.7 Å². The number of aromatic nitrogens is 2. The van der Waals surface area contributed by atoms with E-state index in [9.17, 15) is 9.59 Å². The first kappa shape index (κ1) is 25.5. The molecule has 0 unspecified atom stereocenters. The van der Waals surface area contributed by atoms with E-state index in [2.05, 4.69) is 0 Å². The zero-order chi connectivity index (χ0) is 26.8. The summed E-state index contributed by atoms with van der Waals surface area (Å²) in [4.78, 5) is 31.5. The van der Waals surface area contributed by atoms with Crippen LogP contribution in [0.3, 0.4) is 0 Å². The van der Waals surface area contributed by atoms with Gasteiger partial charge in [0.2, 0.25) is 6.79 Å². The Morgan fingerprint density at radius 3 is 2.53 bits per heavy atom. The Kier molecular flexibility index (Phi) is 7.18. The van der Waals surface area contributed by atoms with Gasteiger partial charge in [-0.25, -0.2) is 4.98 Å². The van der Waals surface area contributed by atoms with Gasteiger partial charge in [-0.3, -0.25) is 9.59 Å². The molecule has 0 amide bonds. The molecule has 0 atom stereocenters. The van der Waals surface area contributed by atoms with Crippen molar-refractivity contribution in [1.29, 1.82) is 0 Å². The van der Waals surface area contributed by atoms with Crippen LogP contribution in [0.2, 0.25) is 0 Å². The lowest BCUT2D eigenvalue weighted by Crippen LogP contribution is -2.12. The molecule has 38 heavy (non-hydrogen) atoms. The summed E-state index contributed by atoms with van der Waals surface area (Å²) >= 11 is 0. The van der Waals surface area contributed by atoms with Gasteiger partial charge in [-0.05, 0) is 56.0 Å². The van der Waals surface area contributed by atoms with E-state index in [4.69, 9.17) is 19.2 Å². The van der Waals surface area contributed by atoms with Crippen molar-refractivity contribution in [2.24, 2.45) is 7.05 Å². The smallest absolute Gasteiger partial charge is 0.231 e. The van der Waals surface area contributed by atoms with Gasteiger partial charge < -0.3 is 18.8 Å². The first-order chi connectivity index (χ1) is 18.4. The Labute approximate surface area is 222 Å². The molecule has 2 aromatic carbocycles. The van der Waals surface area contributed by atoms with Crippen LogP contribution in [-0.2, 0) is 26.3 Å². The van der Waals surface area contributed by atoms with Crippen molar-refractivity contribution in [2.45, 2.75) is 52.6 Å². The van der Waals surface area contributed by atoms with Gasteiger partial charge in [0.1, 0.15) is 11.3 Å². The van der Waals surface area contributed by atoms with E-state index in [0.717, 1.165) is 28.0 Å². The van der Waals surface area contributed by atoms with Gasteiger partial charge in [0.15, 0.2) is 28.8 Å². The summed E-state index contributed by atoms with van der Waals surface area (Å²) in [5, 5.41) is 0.751. The summed E-state index contributed by atoms with van der Waals surface area (Å²) in [6.45, 7) is 6.12. The monoisotopic (exact) mass is 512 g/mol. The average Bonchev–Trinajstić information content (AvgIpc) is 3.49. The Morgan fingerprint density at radius 1 is 1.03 bits per heavy atom. The van der Waals surface area contributed by atoms with Crippen LogP contribution in [0.15, 0.2) is 54.6 Å². The second kappa shape index (κ2) is 10.7. The molecule has 2 aromatic heterocycles. The van der Waals surface area contributed by atoms with E-state index in [1.54, 1.807) is 0 Å². The largest absolute Gasteiger partial charge is 0.488 e. The third kappa shape index (κ3) is 5.01. The quantitative estimate of drug-likeness (QED) is 0.247. The summed E-state index contributed by atoms with van der Waals surface area (Å²) in [6.07, 6.45) is 1.63. The third-order valence-corrected chi connectivity index (χ3v) is 6.76. The highest BCUT2D eigenvalue weighted by Gasteiger charge is 2.26. The van der Waals surface area contributed by atoms with E-state index >= 15 is 0 Å². The zero-order valence-corrected chi connectivity index (χ0v) is 22.2. The van der Waals surface area contributed by atoms with Gasteiger partial charge in [0.25, 0.3) is 0 Å². The molecule has 7 nitrogen and oxygen atoms in total. The molecule has 0 aliphatic carbocycles. The number of carbonyl (C=O) groups excluding carboxylic acids is 2. The fraction of sp³-hybridized carbons (Fsp3) is 0.323. The average molecular weight is 513 g/mol. The highest BCUT2D eigenvalue weighted by atomic mass is 16.7. The number of fused-ring (bicyclic) bond motifs is 2. The number of ketones is 2. The molecule has 7 heteroatoms. The van der Waals surface area contributed by atoms with Crippen LogP contribution in [0, 0.1) is 0 Å². The summed E-state index contributed by atoms with van der Waals surface area (Å²) in [5.41, 5.74) is 4.54. The van der Waals surface area contributed by atoms with Crippen LogP contribution in [0.4, 0.5) is 0 Å². The van der Waals surface area contributed by atoms with Crippen LogP contribution >= 0.6 is 0 Å². The van der Waals surface area contributed by atoms with Gasteiger partial charge in [0.05, 0.1) is 11.5 Å². The van der Waals surface area contributed by atoms with E-state index in [-0.39, 0.29) is 30.9 Å². The molecule has 1 aliphatic rings. The molecule has 1 aliphatic heterocycles. The number of carbonyl (C=O) groups is 2. The highest BCUT2D eigenvalue weighted by molar-refractivity contribution is 6.05. The lowest BCUT2D eigenvalue weighted by Gasteiger charge is -2.12. The number of hydrogen-bond donors (Lipinski definition) is 0. The van der Waals surface area contributed by atoms with Crippen LogP contribution in [-0.4, -0.2) is 34.0 Å². The Hall–Kier alpha value is -4.13. The Balaban J connectivity index is 1.49. The summed E-state index contributed by atoms with van der Waals surface area (Å²) in [5.74, 6) is 1.96. The van der Waals surface area contributed by atoms with Crippen molar-refractivity contribution in [3.63, 3.8) is 0 Å². The van der Waals surface area contributed by atoms with Crippen LogP contribution in [0.25, 0.3) is 11.0 Å². The van der Waals surface area contributed by atoms with Crippen molar-refractivity contribution in [1.82, 2.24) is 9.55 Å². The van der Waals surface area contributed by atoms with Crippen LogP contribution < -0.4 is 14.2 Å². The molecule has 0 radical (unpaired) electrons. The number of Topliss-reactive ketones (excluding diaryl/α,β-unsaturated/α-hetero) is 2. The molecule has 3 heterocycles. The summed E-state index contributed by atoms with van der Waals surface area (Å²) in [7, 11) is 1.85. The van der Waals surface area contributed by atoms with Crippen molar-refractivity contribution in [3.8, 4) is 17.2 Å². The van der Waals surface area contributed by atoms with Crippen molar-refractivity contribution in [3.05, 3.63) is 82.7 Å². The molecule has 0 saturated carbocycles. The molecule has 0 spiro atoms. The van der Waals surface area contributed by atoms with E-state index in [0.29, 0.717) is 47.7 Å². The summed E-state index contributed by atoms with van der Waals surface area (Å²) in [6, 6.07) is 17.0. The van der Waals surface area contributed by atoms with E-state index in [1.807, 2.05) is 87.0 Å². The fourth-order valence-electron chi connectivity index (χ4n) is 4.89. The SMILES string of the molecule is CCc1nc2c(cc1CC(=O)c1ccccc1)c(OC(C)C)c(C(=O)CCc1ccc3c(c1)OCO3)n2C. The van der Waals surface area contributed by atoms with Crippen molar-refractivity contribution < 1.29 is 23.8 Å². The van der Waals surface area contributed by atoms with Gasteiger partial charge >= 0.3 is 0 Å². The number of ether oxygens (including phenoxy) is 3. The highest BCUT2D eigenvalue weighted by Crippen LogP contribution is 2.36. The standard InChI is InChI=1S/C31H32N2O5/c1-5-24-22(17-26(35)21-9-7-6-8-10-21)16-23-30(38-19(2)3)29(33(4)31(23)32-24)25(34)13-11-20-12-14-27-28(15-20)37-18-36-27/h6-10,12,14-16,19H,5,11,13,17-18H2,1-4H3. The molecule has 4 aromatic rings. The number of hydrogen-bond acceptors (Lipinski definition) is 6. The zero-order valence-electron chi connectivity index (χ0n) is 22.2. The predicted octanol–water partition coefficient (Wildman–Crippen LogP) is 5.89. The first-order valence-corrected chi connectivity index (χ1v) is 13.0. The minimum atomic E-state index is -0.138. The maximum atomic E-state index is 13.6. The second-order valence-electron chi connectivity index (χ2n) is 9.80. The van der Waals surface area contributed by atoms with Crippen molar-refractivity contribution >= 4 is 22.6 Å². The molecule has 0 fully saturated rings. The number of aryl methyl sites for hydroxylation is 3. The minimum absolute atomic E-state index is 0.0289. The molecule has 0 N–H and O–H groups in total. The molecule has 196 valence electrons. The molecular weight excluding hydrogens is 480 g/mol. The number of rotatable bonds is 10. The number of benzene rings is 2. The Bertz CT molecular complexity index is 1500. The minimum Gasteiger partial charge on any atom is -0.488 e. The molecule has 0 bridgehead atoms. The Morgan fingerprint density at radius 2 is 1.79 bits per heavy atom. The number of nitrogens with zero attached hydrogens (tertiary/aromatic N) is 2. The second-order valence-corrected chi connectivity index (χ2v) is 9.80. The fourth-order valence-corrected chi connectivity index (χ4v) is 4.89. The van der Waals surface area contributed by atoms with Crippen LogP contribution in [0.5, 0.6) is 17.2 Å². The number of pyridine rings is 1. The molecular formula is C31H32N2O5. The van der Waals surface area contributed by atoms with Gasteiger partial charge in [-0.2, -0.15) is 0 Å². The van der Waals surface area contributed by atoms with Gasteiger partial charge in [-0.1, -0.05) is 43.3 Å². The first-order valence-electron chi connectivity index (χ1n) is 13.0. The van der Waals surface area contributed by atoms with Crippen LogP contribution in [0.1, 0.15) is 64.9 Å². The van der Waals surface area contributed by atoms with Gasteiger partial charge in [-0.15, -0.1) is 0 Å². The predicted molar refractivity (Wildman–Crippen MR) is 146 cm³/mol. The van der Waals surface area contributed by atoms with E-state index in [1.165, 1.54) is 0 Å². The maximum Gasteiger partial charge on any atom is 0.231 e. The van der Waals surface area contributed by atoms with Crippen molar-refractivity contribution in [2.75, 3.05) is 6.79 Å². The molecule has 0 saturated heterocycles. The summed E-state index contributed by atoms with van der Waals surface area (Å²) < 4.78 is 18.9. The lowest BCUT2D eigenvalue weighted by atomic mass is 9.99. The maximum absolute atomic E-state index is 13.6. The van der Waals surface area contributed by atoms with Gasteiger partial charge in [0, 0.05) is 31.1 Å². The third-order valence-electron chi connectivity index (χ3n) is 6.76. The molecule has 5 rings (SSSR count). The van der Waals surface area contributed by atoms with E-state index < -0.39 is 0 Å². The lowest BCUT2D eigenvalue weighted by molar-refractivity contribution is 0.0966.